The van der Waals surface area contributed by atoms with Gasteiger partial charge in [0.25, 0.3) is 5.91 Å². The Morgan fingerprint density at radius 2 is 2.19 bits per heavy atom. The van der Waals surface area contributed by atoms with Gasteiger partial charge in [0.05, 0.1) is 12.3 Å². The Morgan fingerprint density at radius 3 is 2.96 bits per heavy atom. The Kier molecular flexibility index (Phi) is 4.98. The van der Waals surface area contributed by atoms with Crippen LogP contribution < -0.4 is 0 Å². The van der Waals surface area contributed by atoms with Gasteiger partial charge < -0.3 is 9.64 Å². The molecule has 3 heterocycles. The minimum Gasteiger partial charge on any atom is -0.384 e. The summed E-state index contributed by atoms with van der Waals surface area (Å²) in [6.07, 6.45) is 4.06. The van der Waals surface area contributed by atoms with Crippen LogP contribution in [0.1, 0.15) is 23.3 Å². The number of carbonyl (C=O) groups excluding carboxylic acids is 1. The van der Waals surface area contributed by atoms with Crippen molar-refractivity contribution in [1.82, 2.24) is 14.3 Å². The highest BCUT2D eigenvalue weighted by atomic mass is 35.5. The van der Waals surface area contributed by atoms with Crippen molar-refractivity contribution in [2.45, 2.75) is 12.8 Å². The number of carbonyl (C=O) groups is 1. The van der Waals surface area contributed by atoms with E-state index in [2.05, 4.69) is 4.98 Å². The fraction of sp³-hybridized carbons (Fsp3) is 0.368. The quantitative estimate of drug-likeness (QED) is 0.671. The second-order valence-corrected chi connectivity index (χ2v) is 7.89. The molecule has 5 nitrogen and oxygen atoms in total. The van der Waals surface area contributed by atoms with E-state index >= 15 is 0 Å². The number of aromatic nitrogens is 2. The topological polar surface area (TPSA) is 46.8 Å². The standard InChI is InChI=1S/C19H20ClN3O2S/c1-25-11-13-3-2-8-22(9-13)18(24)17-12-26-19-21-16(10-23(17)19)14-4-6-15(20)7-5-14/h4-7,10,12-13H,2-3,8-9,11H2,1H3. The van der Waals surface area contributed by atoms with E-state index in [0.29, 0.717) is 23.2 Å². The van der Waals surface area contributed by atoms with E-state index in [9.17, 15) is 4.79 Å². The number of halogens is 1. The average Bonchev–Trinajstić information content (AvgIpc) is 3.23. The molecular weight excluding hydrogens is 370 g/mol. The number of nitrogens with zero attached hydrogens (tertiary/aromatic N) is 3. The van der Waals surface area contributed by atoms with Gasteiger partial charge >= 0.3 is 0 Å². The Bertz CT molecular complexity index is 917. The van der Waals surface area contributed by atoms with Gasteiger partial charge in [-0.2, -0.15) is 0 Å². The van der Waals surface area contributed by atoms with Crippen LogP contribution in [0.5, 0.6) is 0 Å². The number of ether oxygens (including phenoxy) is 1. The first kappa shape index (κ1) is 17.5. The lowest BCUT2D eigenvalue weighted by molar-refractivity contribution is 0.0565. The Balaban J connectivity index is 1.60. The summed E-state index contributed by atoms with van der Waals surface area (Å²) in [5.41, 5.74) is 2.51. The highest BCUT2D eigenvalue weighted by Gasteiger charge is 2.26. The van der Waals surface area contributed by atoms with Crippen LogP contribution >= 0.6 is 22.9 Å². The first-order valence-electron chi connectivity index (χ1n) is 8.66. The number of thiazole rings is 1. The molecule has 1 saturated heterocycles. The lowest BCUT2D eigenvalue weighted by atomic mass is 9.99. The fourth-order valence-corrected chi connectivity index (χ4v) is 4.45. The molecule has 0 N–H and O–H groups in total. The molecule has 0 bridgehead atoms. The van der Waals surface area contributed by atoms with Crippen molar-refractivity contribution in [2.75, 3.05) is 26.8 Å². The Hall–Kier alpha value is -1.89. The van der Waals surface area contributed by atoms with E-state index in [1.807, 2.05) is 45.1 Å². The molecule has 2 aromatic heterocycles. The van der Waals surface area contributed by atoms with E-state index in [-0.39, 0.29) is 5.91 Å². The summed E-state index contributed by atoms with van der Waals surface area (Å²) in [6, 6.07) is 7.58. The van der Waals surface area contributed by atoms with Crippen molar-refractivity contribution < 1.29 is 9.53 Å². The number of benzene rings is 1. The minimum absolute atomic E-state index is 0.0668. The second-order valence-electron chi connectivity index (χ2n) is 6.62. The first-order chi connectivity index (χ1) is 12.7. The maximum absolute atomic E-state index is 13.0. The summed E-state index contributed by atoms with van der Waals surface area (Å²) in [4.78, 5) is 20.5. The number of hydrogen-bond donors (Lipinski definition) is 0. The largest absolute Gasteiger partial charge is 0.384 e. The predicted molar refractivity (Wildman–Crippen MR) is 104 cm³/mol. The molecule has 1 fully saturated rings. The molecular formula is C19H20ClN3O2S. The van der Waals surface area contributed by atoms with Crippen molar-refractivity contribution in [3.8, 4) is 11.3 Å². The number of likely N-dealkylation sites (tertiary alicyclic amines) is 1. The van der Waals surface area contributed by atoms with Gasteiger partial charge in [-0.05, 0) is 30.9 Å². The number of hydrogen-bond acceptors (Lipinski definition) is 4. The molecule has 0 spiro atoms. The summed E-state index contributed by atoms with van der Waals surface area (Å²) in [7, 11) is 1.72. The zero-order valence-electron chi connectivity index (χ0n) is 14.5. The van der Waals surface area contributed by atoms with E-state index in [1.54, 1.807) is 7.11 Å². The molecule has 0 saturated carbocycles. The third-order valence-electron chi connectivity index (χ3n) is 4.78. The lowest BCUT2D eigenvalue weighted by Crippen LogP contribution is -2.41. The number of methoxy groups -OCH3 is 1. The monoisotopic (exact) mass is 389 g/mol. The second kappa shape index (κ2) is 7.39. The van der Waals surface area contributed by atoms with Crippen LogP contribution in [0.2, 0.25) is 5.02 Å². The number of piperidine rings is 1. The van der Waals surface area contributed by atoms with Crippen LogP contribution in [0.15, 0.2) is 35.8 Å². The summed E-state index contributed by atoms with van der Waals surface area (Å²) in [6.45, 7) is 2.26. The number of imidazole rings is 1. The Labute approximate surface area is 161 Å². The van der Waals surface area contributed by atoms with Crippen LogP contribution in [-0.4, -0.2) is 47.0 Å². The molecule has 7 heteroatoms. The maximum Gasteiger partial charge on any atom is 0.271 e. The molecule has 4 rings (SSSR count). The van der Waals surface area contributed by atoms with Crippen molar-refractivity contribution in [3.63, 3.8) is 0 Å². The SMILES string of the molecule is COCC1CCCN(C(=O)c2csc3nc(-c4ccc(Cl)cc4)cn23)C1. The molecule has 1 aliphatic rings. The van der Waals surface area contributed by atoms with E-state index in [1.165, 1.54) is 11.3 Å². The Morgan fingerprint density at radius 1 is 1.38 bits per heavy atom. The van der Waals surface area contributed by atoms with Crippen LogP contribution in [-0.2, 0) is 4.74 Å². The molecule has 0 radical (unpaired) electrons. The van der Waals surface area contributed by atoms with E-state index in [4.69, 9.17) is 16.3 Å². The minimum atomic E-state index is 0.0668. The van der Waals surface area contributed by atoms with Crippen molar-refractivity contribution in [1.29, 1.82) is 0 Å². The van der Waals surface area contributed by atoms with E-state index in [0.717, 1.165) is 42.1 Å². The molecule has 1 aromatic carbocycles. The predicted octanol–water partition coefficient (Wildman–Crippen LogP) is 4.21. The fourth-order valence-electron chi connectivity index (χ4n) is 3.48. The van der Waals surface area contributed by atoms with Gasteiger partial charge in [0, 0.05) is 42.4 Å². The summed E-state index contributed by atoms with van der Waals surface area (Å²) in [5, 5.41) is 2.59. The van der Waals surface area contributed by atoms with Crippen molar-refractivity contribution in [2.24, 2.45) is 5.92 Å². The van der Waals surface area contributed by atoms with Gasteiger partial charge in [0.2, 0.25) is 0 Å². The van der Waals surface area contributed by atoms with Gasteiger partial charge in [0.1, 0.15) is 5.69 Å². The summed E-state index contributed by atoms with van der Waals surface area (Å²) < 4.78 is 7.17. The van der Waals surface area contributed by atoms with Crippen LogP contribution in [0.3, 0.4) is 0 Å². The molecule has 1 aliphatic heterocycles. The molecule has 1 unspecified atom stereocenters. The zero-order valence-corrected chi connectivity index (χ0v) is 16.1. The van der Waals surface area contributed by atoms with Gasteiger partial charge in [0.15, 0.2) is 4.96 Å². The van der Waals surface area contributed by atoms with Crippen molar-refractivity contribution >= 4 is 33.8 Å². The number of fused-ring (bicyclic) bond motifs is 1. The lowest BCUT2D eigenvalue weighted by Gasteiger charge is -2.32. The van der Waals surface area contributed by atoms with Gasteiger partial charge in [-0.25, -0.2) is 4.98 Å². The van der Waals surface area contributed by atoms with Gasteiger partial charge in [-0.3, -0.25) is 9.20 Å². The summed E-state index contributed by atoms with van der Waals surface area (Å²) >= 11 is 7.45. The van der Waals surface area contributed by atoms with Gasteiger partial charge in [-0.1, -0.05) is 23.7 Å². The van der Waals surface area contributed by atoms with Crippen LogP contribution in [0.4, 0.5) is 0 Å². The zero-order chi connectivity index (χ0) is 18.1. The van der Waals surface area contributed by atoms with Crippen LogP contribution in [0, 0.1) is 5.92 Å². The maximum atomic E-state index is 13.0. The molecule has 3 aromatic rings. The molecule has 1 amide bonds. The number of rotatable bonds is 4. The third-order valence-corrected chi connectivity index (χ3v) is 5.87. The normalized spacial score (nSPS) is 17.8. The molecule has 26 heavy (non-hydrogen) atoms. The molecule has 1 atom stereocenters. The van der Waals surface area contributed by atoms with Crippen LogP contribution in [0.25, 0.3) is 16.2 Å². The highest BCUT2D eigenvalue weighted by molar-refractivity contribution is 7.15. The first-order valence-corrected chi connectivity index (χ1v) is 9.92. The van der Waals surface area contributed by atoms with Crippen molar-refractivity contribution in [3.05, 3.63) is 46.6 Å². The average molecular weight is 390 g/mol. The molecule has 136 valence electrons. The smallest absolute Gasteiger partial charge is 0.271 e. The third kappa shape index (κ3) is 3.37. The highest BCUT2D eigenvalue weighted by Crippen LogP contribution is 2.26. The molecule has 0 aliphatic carbocycles. The number of amides is 1. The van der Waals surface area contributed by atoms with E-state index < -0.39 is 0 Å². The van der Waals surface area contributed by atoms with Gasteiger partial charge in [-0.15, -0.1) is 11.3 Å². The summed E-state index contributed by atoms with van der Waals surface area (Å²) in [5.74, 6) is 0.483.